The molecule has 4 nitrogen and oxygen atoms in total. The van der Waals surface area contributed by atoms with Crippen molar-refractivity contribution in [2.24, 2.45) is 0 Å². The van der Waals surface area contributed by atoms with Crippen LogP contribution in [0.2, 0.25) is 0 Å². The normalized spacial score (nSPS) is 13.6. The van der Waals surface area contributed by atoms with Crippen LogP contribution in [0.5, 0.6) is 5.75 Å². The molecule has 2 rings (SSSR count). The number of carbonyl (C=O) groups excluding carboxylic acids is 1. The number of fused-ring (bicyclic) bond motifs is 1. The van der Waals surface area contributed by atoms with Gasteiger partial charge < -0.3 is 14.8 Å². The molecule has 0 radical (unpaired) electrons. The summed E-state index contributed by atoms with van der Waals surface area (Å²) in [5.41, 5.74) is -0.0690. The van der Waals surface area contributed by atoms with E-state index in [4.69, 9.17) is 9.47 Å². The first kappa shape index (κ1) is 16.3. The molecule has 4 heteroatoms. The van der Waals surface area contributed by atoms with Gasteiger partial charge in [-0.25, -0.2) is 0 Å². The highest BCUT2D eigenvalue weighted by Crippen LogP contribution is 2.32. The number of anilines is 1. The molecule has 0 saturated heterocycles. The number of amides is 1. The highest BCUT2D eigenvalue weighted by Gasteiger charge is 2.31. The molecule has 2 aromatic rings. The first-order valence-corrected chi connectivity index (χ1v) is 7.57. The largest absolute Gasteiger partial charge is 0.493 e. The van der Waals surface area contributed by atoms with Gasteiger partial charge in [0.05, 0.1) is 6.61 Å². The smallest absolute Gasteiger partial charge is 0.256 e. The minimum Gasteiger partial charge on any atom is -0.493 e. The van der Waals surface area contributed by atoms with Crippen molar-refractivity contribution in [3.05, 3.63) is 36.4 Å². The van der Waals surface area contributed by atoms with Crippen LogP contribution >= 0.6 is 0 Å². The molecule has 0 aliphatic carbocycles. The summed E-state index contributed by atoms with van der Waals surface area (Å²) in [5, 5.41) is 4.92. The molecular weight excluding hydrogens is 278 g/mol. The van der Waals surface area contributed by atoms with Gasteiger partial charge in [-0.15, -0.1) is 0 Å². The highest BCUT2D eigenvalue weighted by molar-refractivity contribution is 6.06. The van der Waals surface area contributed by atoms with Crippen molar-refractivity contribution in [3.8, 4) is 5.75 Å². The lowest BCUT2D eigenvalue weighted by Gasteiger charge is -2.25. The topological polar surface area (TPSA) is 47.6 Å². The molecule has 0 aliphatic heterocycles. The maximum absolute atomic E-state index is 12.5. The summed E-state index contributed by atoms with van der Waals surface area (Å²) in [6.45, 7) is 6.28. The lowest BCUT2D eigenvalue weighted by atomic mass is 10.0. The SMILES string of the molecule is CCOc1ccc(NC(=O)[C@@](C)(CC)OC)c2ccccc12. The second-order valence-corrected chi connectivity index (χ2v) is 5.33. The van der Waals surface area contributed by atoms with Gasteiger partial charge in [-0.05, 0) is 32.4 Å². The van der Waals surface area contributed by atoms with E-state index in [0.29, 0.717) is 13.0 Å². The molecule has 0 bridgehead atoms. The summed E-state index contributed by atoms with van der Waals surface area (Å²) in [5.74, 6) is 0.674. The van der Waals surface area contributed by atoms with Gasteiger partial charge in [-0.3, -0.25) is 4.79 Å². The van der Waals surface area contributed by atoms with Crippen LogP contribution in [0.25, 0.3) is 10.8 Å². The molecule has 0 aliphatic rings. The number of methoxy groups -OCH3 is 1. The number of benzene rings is 2. The maximum Gasteiger partial charge on any atom is 0.256 e. The molecule has 1 N–H and O–H groups in total. The lowest BCUT2D eigenvalue weighted by molar-refractivity contribution is -0.136. The van der Waals surface area contributed by atoms with E-state index in [0.717, 1.165) is 22.2 Å². The predicted molar refractivity (Wildman–Crippen MR) is 89.5 cm³/mol. The van der Waals surface area contributed by atoms with Crippen molar-refractivity contribution in [1.82, 2.24) is 0 Å². The number of ether oxygens (including phenoxy) is 2. The van der Waals surface area contributed by atoms with E-state index >= 15 is 0 Å². The van der Waals surface area contributed by atoms with Crippen LogP contribution < -0.4 is 10.1 Å². The number of nitrogens with one attached hydrogen (secondary N) is 1. The molecule has 1 amide bonds. The predicted octanol–water partition coefficient (Wildman–Crippen LogP) is 3.99. The van der Waals surface area contributed by atoms with Crippen molar-refractivity contribution in [1.29, 1.82) is 0 Å². The van der Waals surface area contributed by atoms with Crippen molar-refractivity contribution in [3.63, 3.8) is 0 Å². The molecule has 0 aromatic heterocycles. The van der Waals surface area contributed by atoms with Crippen LogP contribution in [0.15, 0.2) is 36.4 Å². The van der Waals surface area contributed by atoms with E-state index in [1.807, 2.05) is 50.2 Å². The molecule has 0 spiro atoms. The third-order valence-electron chi connectivity index (χ3n) is 4.04. The van der Waals surface area contributed by atoms with Crippen LogP contribution in [0.1, 0.15) is 27.2 Å². The third-order valence-corrected chi connectivity index (χ3v) is 4.04. The zero-order valence-electron chi connectivity index (χ0n) is 13.6. The third kappa shape index (κ3) is 3.07. The zero-order chi connectivity index (χ0) is 16.2. The summed E-state index contributed by atoms with van der Waals surface area (Å²) in [6, 6.07) is 11.6. The first-order valence-electron chi connectivity index (χ1n) is 7.57. The van der Waals surface area contributed by atoms with E-state index in [2.05, 4.69) is 5.32 Å². The minimum atomic E-state index is -0.834. The fourth-order valence-electron chi connectivity index (χ4n) is 2.31. The first-order chi connectivity index (χ1) is 10.6. The Balaban J connectivity index is 2.41. The monoisotopic (exact) mass is 301 g/mol. The number of hydrogen-bond acceptors (Lipinski definition) is 3. The molecular formula is C18H23NO3. The minimum absolute atomic E-state index is 0.146. The van der Waals surface area contributed by atoms with E-state index in [1.54, 1.807) is 14.0 Å². The lowest BCUT2D eigenvalue weighted by Crippen LogP contribution is -2.41. The summed E-state index contributed by atoms with van der Waals surface area (Å²) >= 11 is 0. The number of hydrogen-bond donors (Lipinski definition) is 1. The van der Waals surface area contributed by atoms with Gasteiger partial charge >= 0.3 is 0 Å². The Labute approximate surface area is 131 Å². The molecule has 0 saturated carbocycles. The Bertz CT molecular complexity index is 662. The second kappa shape index (κ2) is 6.79. The van der Waals surface area contributed by atoms with Crippen LogP contribution in [0, 0.1) is 0 Å². The van der Waals surface area contributed by atoms with Crippen LogP contribution in [-0.2, 0) is 9.53 Å². The average Bonchev–Trinajstić information content (AvgIpc) is 2.56. The van der Waals surface area contributed by atoms with Gasteiger partial charge in [0, 0.05) is 23.6 Å². The Morgan fingerprint density at radius 3 is 2.41 bits per heavy atom. The summed E-state index contributed by atoms with van der Waals surface area (Å²) in [6.07, 6.45) is 0.601. The standard InChI is InChI=1S/C18H23NO3/c1-5-18(3,21-4)17(20)19-15-11-12-16(22-6-2)14-10-8-7-9-13(14)15/h7-12H,5-6H2,1-4H3,(H,19,20)/t18-/m1/s1. The average molecular weight is 301 g/mol. The van der Waals surface area contributed by atoms with Gasteiger partial charge in [-0.2, -0.15) is 0 Å². The van der Waals surface area contributed by atoms with Crippen molar-refractivity contribution < 1.29 is 14.3 Å². The molecule has 2 aromatic carbocycles. The number of rotatable bonds is 6. The maximum atomic E-state index is 12.5. The van der Waals surface area contributed by atoms with Gasteiger partial charge in [0.25, 0.3) is 5.91 Å². The Hall–Kier alpha value is -2.07. The second-order valence-electron chi connectivity index (χ2n) is 5.33. The molecule has 1 atom stereocenters. The van der Waals surface area contributed by atoms with Crippen molar-refractivity contribution in [2.75, 3.05) is 19.0 Å². The summed E-state index contributed by atoms with van der Waals surface area (Å²) in [7, 11) is 1.55. The summed E-state index contributed by atoms with van der Waals surface area (Å²) < 4.78 is 11.0. The van der Waals surface area contributed by atoms with E-state index in [1.165, 1.54) is 0 Å². The fourth-order valence-corrected chi connectivity index (χ4v) is 2.31. The summed E-state index contributed by atoms with van der Waals surface area (Å²) in [4.78, 5) is 12.5. The highest BCUT2D eigenvalue weighted by atomic mass is 16.5. The van der Waals surface area contributed by atoms with Crippen molar-refractivity contribution >= 4 is 22.4 Å². The van der Waals surface area contributed by atoms with Crippen LogP contribution in [0.3, 0.4) is 0 Å². The van der Waals surface area contributed by atoms with E-state index in [9.17, 15) is 4.79 Å². The molecule has 0 heterocycles. The Morgan fingerprint density at radius 2 is 1.82 bits per heavy atom. The van der Waals surface area contributed by atoms with Crippen LogP contribution in [-0.4, -0.2) is 25.2 Å². The molecule has 118 valence electrons. The fraction of sp³-hybridized carbons (Fsp3) is 0.389. The zero-order valence-corrected chi connectivity index (χ0v) is 13.6. The van der Waals surface area contributed by atoms with Gasteiger partial charge in [-0.1, -0.05) is 31.2 Å². The van der Waals surface area contributed by atoms with Crippen molar-refractivity contribution in [2.45, 2.75) is 32.8 Å². The van der Waals surface area contributed by atoms with Gasteiger partial charge in [0.15, 0.2) is 0 Å². The van der Waals surface area contributed by atoms with E-state index < -0.39 is 5.60 Å². The Kier molecular flexibility index (Phi) is 5.03. The van der Waals surface area contributed by atoms with Gasteiger partial charge in [0.2, 0.25) is 0 Å². The molecule has 22 heavy (non-hydrogen) atoms. The Morgan fingerprint density at radius 1 is 1.14 bits per heavy atom. The molecule has 0 fully saturated rings. The number of carbonyl (C=O) groups is 1. The van der Waals surface area contributed by atoms with E-state index in [-0.39, 0.29) is 5.91 Å². The van der Waals surface area contributed by atoms with Gasteiger partial charge in [0.1, 0.15) is 11.4 Å². The quantitative estimate of drug-likeness (QED) is 0.877. The molecule has 0 unspecified atom stereocenters. The van der Waals surface area contributed by atoms with Crippen LogP contribution in [0.4, 0.5) is 5.69 Å².